The number of furan rings is 1. The van der Waals surface area contributed by atoms with E-state index in [0.29, 0.717) is 29.4 Å². The molecule has 10 nitrogen and oxygen atoms in total. The number of nitro groups is 1. The summed E-state index contributed by atoms with van der Waals surface area (Å²) < 4.78 is 22.5. The van der Waals surface area contributed by atoms with E-state index in [4.69, 9.17) is 18.6 Å². The number of carbonyl (C=O) groups excluding carboxylic acids is 1. The third-order valence-corrected chi connectivity index (χ3v) is 5.82. The summed E-state index contributed by atoms with van der Waals surface area (Å²) in [5.41, 5.74) is 2.33. The standard InChI is InChI=1S/C24H23N3O7S/c1-4-32-19-7-5-6-15-8-20(34-23(15)19)14(2)26-24(28)17-9-21(31-3)22(10-18(17)27(29)30)33-11-16-12-35-13-25-16/h5-10,12-14H,4,11H2,1-3H3,(H,26,28). The molecule has 1 amide bonds. The highest BCUT2D eigenvalue weighted by atomic mass is 32.1. The van der Waals surface area contributed by atoms with E-state index in [1.54, 1.807) is 29.9 Å². The SMILES string of the molecule is CCOc1cccc2cc(C(C)NC(=O)c3cc(OC)c(OCc4cscn4)cc3[N+](=O)[O-])oc12. The van der Waals surface area contributed by atoms with Crippen molar-refractivity contribution >= 4 is 33.9 Å². The van der Waals surface area contributed by atoms with Crippen LogP contribution in [0.3, 0.4) is 0 Å². The van der Waals surface area contributed by atoms with Crippen LogP contribution in [0.25, 0.3) is 11.0 Å². The zero-order chi connectivity index (χ0) is 24.9. The second kappa shape index (κ2) is 10.4. The maximum Gasteiger partial charge on any atom is 0.286 e. The van der Waals surface area contributed by atoms with E-state index in [9.17, 15) is 14.9 Å². The highest BCUT2D eigenvalue weighted by Crippen LogP contribution is 2.36. The van der Waals surface area contributed by atoms with Gasteiger partial charge in [-0.1, -0.05) is 12.1 Å². The van der Waals surface area contributed by atoms with Crippen LogP contribution >= 0.6 is 11.3 Å². The van der Waals surface area contributed by atoms with Gasteiger partial charge < -0.3 is 23.9 Å². The minimum atomic E-state index is -0.654. The van der Waals surface area contributed by atoms with Gasteiger partial charge >= 0.3 is 0 Å². The van der Waals surface area contributed by atoms with Crippen molar-refractivity contribution < 1.29 is 28.3 Å². The molecule has 4 rings (SSSR count). The smallest absolute Gasteiger partial charge is 0.286 e. The summed E-state index contributed by atoms with van der Waals surface area (Å²) >= 11 is 1.41. The maximum atomic E-state index is 13.1. The molecule has 4 aromatic rings. The Morgan fingerprint density at radius 2 is 2.06 bits per heavy atom. The molecule has 35 heavy (non-hydrogen) atoms. The number of benzene rings is 2. The third kappa shape index (κ3) is 5.19. The minimum Gasteiger partial charge on any atom is -0.493 e. The number of methoxy groups -OCH3 is 1. The van der Waals surface area contributed by atoms with Gasteiger partial charge in [-0.15, -0.1) is 11.3 Å². The monoisotopic (exact) mass is 497 g/mol. The Morgan fingerprint density at radius 3 is 2.74 bits per heavy atom. The molecule has 0 fully saturated rings. The lowest BCUT2D eigenvalue weighted by Crippen LogP contribution is -2.27. The van der Waals surface area contributed by atoms with Gasteiger partial charge in [-0.25, -0.2) is 4.98 Å². The summed E-state index contributed by atoms with van der Waals surface area (Å²) in [6, 6.07) is 9.23. The van der Waals surface area contributed by atoms with Crippen molar-refractivity contribution in [1.82, 2.24) is 10.3 Å². The lowest BCUT2D eigenvalue weighted by molar-refractivity contribution is -0.385. The maximum absolute atomic E-state index is 13.1. The molecule has 0 saturated heterocycles. The quantitative estimate of drug-likeness (QED) is 0.232. The highest BCUT2D eigenvalue weighted by molar-refractivity contribution is 7.07. The molecule has 1 unspecified atom stereocenters. The fourth-order valence-electron chi connectivity index (χ4n) is 3.50. The number of thiazole rings is 1. The van der Waals surface area contributed by atoms with Crippen LogP contribution in [0, 0.1) is 10.1 Å². The van der Waals surface area contributed by atoms with Crippen LogP contribution in [0.2, 0.25) is 0 Å². The second-order valence-electron chi connectivity index (χ2n) is 7.50. The molecule has 0 aliphatic heterocycles. The average molecular weight is 498 g/mol. The molecule has 0 aliphatic carbocycles. The lowest BCUT2D eigenvalue weighted by Gasteiger charge is -2.14. The van der Waals surface area contributed by atoms with Gasteiger partial charge in [0, 0.05) is 16.8 Å². The third-order valence-electron chi connectivity index (χ3n) is 5.18. The Kier molecular flexibility index (Phi) is 7.16. The first-order valence-corrected chi connectivity index (χ1v) is 11.7. The van der Waals surface area contributed by atoms with Crippen molar-refractivity contribution in [3.05, 3.63) is 74.4 Å². The van der Waals surface area contributed by atoms with E-state index < -0.39 is 22.6 Å². The van der Waals surface area contributed by atoms with Gasteiger partial charge in [-0.2, -0.15) is 0 Å². The fraction of sp³-hybridized carbons (Fsp3) is 0.250. The van der Waals surface area contributed by atoms with Crippen molar-refractivity contribution in [2.45, 2.75) is 26.5 Å². The fourth-order valence-corrected chi connectivity index (χ4v) is 4.04. The normalized spacial score (nSPS) is 11.7. The molecule has 2 aromatic heterocycles. The topological polar surface area (TPSA) is 126 Å². The molecule has 1 atom stereocenters. The van der Waals surface area contributed by atoms with Crippen LogP contribution in [0.4, 0.5) is 5.69 Å². The number of amides is 1. The molecule has 11 heteroatoms. The number of fused-ring (bicyclic) bond motifs is 1. The first-order valence-electron chi connectivity index (χ1n) is 10.7. The molecule has 1 N–H and O–H groups in total. The summed E-state index contributed by atoms with van der Waals surface area (Å²) in [6.45, 7) is 4.19. The number of nitrogens with zero attached hydrogens (tertiary/aromatic N) is 2. The predicted octanol–water partition coefficient (Wildman–Crippen LogP) is 5.27. The van der Waals surface area contributed by atoms with E-state index >= 15 is 0 Å². The van der Waals surface area contributed by atoms with Crippen LogP contribution in [-0.4, -0.2) is 29.5 Å². The van der Waals surface area contributed by atoms with Crippen molar-refractivity contribution in [3.8, 4) is 17.2 Å². The number of ether oxygens (including phenoxy) is 3. The van der Waals surface area contributed by atoms with E-state index in [1.807, 2.05) is 19.1 Å². The van der Waals surface area contributed by atoms with Crippen molar-refractivity contribution in [3.63, 3.8) is 0 Å². The van der Waals surface area contributed by atoms with Gasteiger partial charge in [0.2, 0.25) is 0 Å². The van der Waals surface area contributed by atoms with Gasteiger partial charge in [0.1, 0.15) is 17.9 Å². The molecule has 0 aliphatic rings. The predicted molar refractivity (Wildman–Crippen MR) is 129 cm³/mol. The number of carbonyl (C=O) groups is 1. The molecule has 2 heterocycles. The van der Waals surface area contributed by atoms with E-state index in [0.717, 1.165) is 5.39 Å². The highest BCUT2D eigenvalue weighted by Gasteiger charge is 2.27. The van der Waals surface area contributed by atoms with Gasteiger partial charge in [0.15, 0.2) is 22.8 Å². The Labute approximate surface area is 204 Å². The zero-order valence-electron chi connectivity index (χ0n) is 19.3. The van der Waals surface area contributed by atoms with E-state index in [1.165, 1.54) is 30.6 Å². The number of nitrogens with one attached hydrogen (secondary N) is 1. The summed E-state index contributed by atoms with van der Waals surface area (Å²) in [4.78, 5) is 28.3. The molecule has 0 spiro atoms. The molecule has 0 radical (unpaired) electrons. The number of hydrogen-bond donors (Lipinski definition) is 1. The van der Waals surface area contributed by atoms with Gasteiger partial charge in [0.05, 0.1) is 42.0 Å². The Balaban J connectivity index is 1.58. The average Bonchev–Trinajstić information content (AvgIpc) is 3.52. The van der Waals surface area contributed by atoms with Crippen LogP contribution < -0.4 is 19.5 Å². The van der Waals surface area contributed by atoms with E-state index in [-0.39, 0.29) is 23.7 Å². The zero-order valence-corrected chi connectivity index (χ0v) is 20.1. The summed E-state index contributed by atoms with van der Waals surface area (Å²) in [7, 11) is 1.39. The van der Waals surface area contributed by atoms with Gasteiger partial charge in [0.25, 0.3) is 11.6 Å². The molecule has 182 valence electrons. The van der Waals surface area contributed by atoms with Crippen LogP contribution in [0.1, 0.15) is 41.7 Å². The number of rotatable bonds is 10. The van der Waals surface area contributed by atoms with Gasteiger partial charge in [-0.05, 0) is 26.0 Å². The van der Waals surface area contributed by atoms with Gasteiger partial charge in [-0.3, -0.25) is 14.9 Å². The molecular formula is C24H23N3O7S. The number of hydrogen-bond acceptors (Lipinski definition) is 9. The van der Waals surface area contributed by atoms with Crippen LogP contribution in [0.15, 0.2) is 51.7 Å². The van der Waals surface area contributed by atoms with Crippen LogP contribution in [0.5, 0.6) is 17.2 Å². The lowest BCUT2D eigenvalue weighted by atomic mass is 10.1. The number of aromatic nitrogens is 1. The van der Waals surface area contributed by atoms with Crippen molar-refractivity contribution in [2.75, 3.05) is 13.7 Å². The van der Waals surface area contributed by atoms with Crippen LogP contribution in [-0.2, 0) is 6.61 Å². The summed E-state index contributed by atoms with van der Waals surface area (Å²) in [5, 5.41) is 17.2. The van der Waals surface area contributed by atoms with Crippen molar-refractivity contribution in [2.24, 2.45) is 0 Å². The first-order chi connectivity index (χ1) is 16.9. The van der Waals surface area contributed by atoms with E-state index in [2.05, 4.69) is 10.3 Å². The molecule has 0 saturated carbocycles. The first kappa shape index (κ1) is 24.0. The number of para-hydroxylation sites is 1. The Morgan fingerprint density at radius 1 is 1.23 bits per heavy atom. The minimum absolute atomic E-state index is 0.107. The molecular weight excluding hydrogens is 474 g/mol. The summed E-state index contributed by atoms with van der Waals surface area (Å²) in [5.74, 6) is 0.757. The second-order valence-corrected chi connectivity index (χ2v) is 8.22. The molecule has 2 aromatic carbocycles. The molecule has 0 bridgehead atoms. The Hall–Kier alpha value is -4.12. The largest absolute Gasteiger partial charge is 0.493 e. The summed E-state index contributed by atoms with van der Waals surface area (Å²) in [6.07, 6.45) is 0. The number of nitro benzene ring substituents is 1. The van der Waals surface area contributed by atoms with Crippen molar-refractivity contribution in [1.29, 1.82) is 0 Å². The Bertz CT molecular complexity index is 1350.